The number of pyridine rings is 1. The fourth-order valence-corrected chi connectivity index (χ4v) is 3.99. The van der Waals surface area contributed by atoms with Gasteiger partial charge in [0.25, 0.3) is 0 Å². The highest BCUT2D eigenvalue weighted by Crippen LogP contribution is 2.34. The molecule has 0 spiro atoms. The van der Waals surface area contributed by atoms with Crippen molar-refractivity contribution in [3.8, 4) is 11.5 Å². The van der Waals surface area contributed by atoms with Crippen molar-refractivity contribution in [3.63, 3.8) is 0 Å². The van der Waals surface area contributed by atoms with E-state index in [2.05, 4.69) is 9.97 Å². The van der Waals surface area contributed by atoms with E-state index in [1.54, 1.807) is 66.4 Å². The third kappa shape index (κ3) is 5.16. The Balaban J connectivity index is 1.91. The van der Waals surface area contributed by atoms with Gasteiger partial charge in [-0.05, 0) is 45.9 Å². The van der Waals surface area contributed by atoms with Crippen LogP contribution in [0.25, 0.3) is 22.1 Å². The molecule has 0 bridgehead atoms. The number of nitrogens with zero attached hydrogens (tertiary/aromatic N) is 4. The van der Waals surface area contributed by atoms with E-state index in [9.17, 15) is 9.59 Å². The first-order chi connectivity index (χ1) is 17.6. The predicted molar refractivity (Wildman–Crippen MR) is 138 cm³/mol. The average Bonchev–Trinajstić information content (AvgIpc) is 3.44. The zero-order chi connectivity index (χ0) is 26.9. The number of H-pyrrole nitrogens is 1. The number of anilines is 1. The van der Waals surface area contributed by atoms with Crippen LogP contribution >= 0.6 is 0 Å². The summed E-state index contributed by atoms with van der Waals surface area (Å²) in [7, 11) is 4.95. The monoisotopic (exact) mass is 509 g/mol. The van der Waals surface area contributed by atoms with E-state index in [1.807, 2.05) is 17.7 Å². The lowest BCUT2D eigenvalue weighted by atomic mass is 10.1. The summed E-state index contributed by atoms with van der Waals surface area (Å²) in [5, 5.41) is 0.674. The van der Waals surface area contributed by atoms with Crippen molar-refractivity contribution >= 4 is 39.9 Å². The van der Waals surface area contributed by atoms with Crippen LogP contribution in [0.15, 0.2) is 30.6 Å². The van der Waals surface area contributed by atoms with Gasteiger partial charge in [-0.15, -0.1) is 0 Å². The highest BCUT2D eigenvalue weighted by atomic mass is 16.6. The van der Waals surface area contributed by atoms with Gasteiger partial charge in [-0.1, -0.05) is 0 Å². The molecule has 3 aromatic heterocycles. The summed E-state index contributed by atoms with van der Waals surface area (Å²) in [4.78, 5) is 39.7. The molecule has 1 aromatic carbocycles. The van der Waals surface area contributed by atoms with Gasteiger partial charge in [0.15, 0.2) is 5.82 Å². The van der Waals surface area contributed by atoms with Gasteiger partial charge in [0, 0.05) is 24.1 Å². The molecule has 3 heterocycles. The van der Waals surface area contributed by atoms with Gasteiger partial charge in [0.05, 0.1) is 39.2 Å². The second-order valence-corrected chi connectivity index (χ2v) is 9.40. The van der Waals surface area contributed by atoms with Crippen LogP contribution in [0.4, 0.5) is 10.6 Å². The van der Waals surface area contributed by atoms with E-state index in [-0.39, 0.29) is 24.7 Å². The largest absolute Gasteiger partial charge is 0.497 e. The smallest absolute Gasteiger partial charge is 0.416 e. The van der Waals surface area contributed by atoms with Crippen LogP contribution in [-0.2, 0) is 23.1 Å². The van der Waals surface area contributed by atoms with Gasteiger partial charge in [-0.3, -0.25) is 4.90 Å². The number of aromatic nitrogens is 4. The second-order valence-electron chi connectivity index (χ2n) is 9.40. The van der Waals surface area contributed by atoms with Crippen LogP contribution in [0, 0.1) is 0 Å². The van der Waals surface area contributed by atoms with Gasteiger partial charge in [0.2, 0.25) is 0 Å². The number of aryl methyl sites for hydroxylation is 1. The van der Waals surface area contributed by atoms with E-state index < -0.39 is 17.7 Å². The Kier molecular flexibility index (Phi) is 6.97. The molecule has 1 amide bonds. The first-order valence-corrected chi connectivity index (χ1v) is 11.8. The summed E-state index contributed by atoms with van der Waals surface area (Å²) >= 11 is 0. The Labute approximate surface area is 214 Å². The molecular formula is C26H31N5O6. The van der Waals surface area contributed by atoms with Crippen LogP contribution < -0.4 is 14.4 Å². The number of nitrogens with one attached hydrogen (secondary N) is 1. The van der Waals surface area contributed by atoms with Gasteiger partial charge in [0.1, 0.15) is 34.0 Å². The van der Waals surface area contributed by atoms with Crippen molar-refractivity contribution < 1.29 is 28.5 Å². The number of methoxy groups -OCH3 is 2. The molecule has 0 saturated heterocycles. The first-order valence-electron chi connectivity index (χ1n) is 11.8. The van der Waals surface area contributed by atoms with Gasteiger partial charge in [-0.25, -0.2) is 19.6 Å². The SMILES string of the molecule is CCOC(=O)c1cc2c(nc(N(Cc3ccc(OC)cc3OC)C(=O)OC(C)(C)C)c3ncn(C)c32)[nH]1. The number of carbonyl (C=O) groups is 2. The number of carbonyl (C=O) groups excluding carboxylic acids is 2. The minimum atomic E-state index is -0.754. The molecule has 0 aliphatic rings. The third-order valence-corrected chi connectivity index (χ3v) is 5.61. The number of ether oxygens (including phenoxy) is 4. The maximum atomic E-state index is 13.6. The van der Waals surface area contributed by atoms with Crippen molar-refractivity contribution in [2.45, 2.75) is 39.8 Å². The van der Waals surface area contributed by atoms with Crippen LogP contribution in [0.5, 0.6) is 11.5 Å². The molecule has 0 aliphatic heterocycles. The Morgan fingerprint density at radius 2 is 1.89 bits per heavy atom. The number of hydrogen-bond acceptors (Lipinski definition) is 8. The van der Waals surface area contributed by atoms with E-state index in [4.69, 9.17) is 23.9 Å². The Morgan fingerprint density at radius 1 is 1.14 bits per heavy atom. The lowest BCUT2D eigenvalue weighted by Gasteiger charge is -2.27. The number of benzene rings is 1. The standard InChI is InChI=1S/C26H31N5O6/c1-8-36-24(32)18-12-17-21-20(27-14-30(21)5)23(29-22(17)28-18)31(25(33)37-26(2,3)4)13-15-9-10-16(34-6)11-19(15)35-7/h9-12,14H,8,13H2,1-7H3,(H,28,29). The van der Waals surface area contributed by atoms with Gasteiger partial charge in [-0.2, -0.15) is 0 Å². The van der Waals surface area contributed by atoms with Crippen LogP contribution in [0.3, 0.4) is 0 Å². The molecule has 11 nitrogen and oxygen atoms in total. The molecule has 0 fully saturated rings. The summed E-state index contributed by atoms with van der Waals surface area (Å²) in [6.45, 7) is 7.44. The fraction of sp³-hybridized carbons (Fsp3) is 0.385. The van der Waals surface area contributed by atoms with Crippen LogP contribution in [-0.4, -0.2) is 58.0 Å². The van der Waals surface area contributed by atoms with E-state index in [0.717, 1.165) is 0 Å². The number of esters is 1. The summed E-state index contributed by atoms with van der Waals surface area (Å²) in [6.07, 6.45) is 1.02. The lowest BCUT2D eigenvalue weighted by molar-refractivity contribution is 0.0518. The molecule has 0 saturated carbocycles. The van der Waals surface area contributed by atoms with E-state index >= 15 is 0 Å². The zero-order valence-corrected chi connectivity index (χ0v) is 22.0. The molecule has 1 N–H and O–H groups in total. The van der Waals surface area contributed by atoms with E-state index in [1.165, 1.54) is 4.90 Å². The molecule has 0 unspecified atom stereocenters. The maximum absolute atomic E-state index is 13.6. The Hall–Kier alpha value is -4.28. The molecule has 4 rings (SSSR count). The molecule has 37 heavy (non-hydrogen) atoms. The maximum Gasteiger partial charge on any atom is 0.416 e. The Bertz CT molecular complexity index is 1470. The van der Waals surface area contributed by atoms with E-state index in [0.29, 0.717) is 39.1 Å². The molecule has 0 aliphatic carbocycles. The molecule has 11 heteroatoms. The summed E-state index contributed by atoms with van der Waals surface area (Å²) in [6, 6.07) is 7.02. The molecule has 4 aromatic rings. The lowest BCUT2D eigenvalue weighted by Crippen LogP contribution is -2.37. The van der Waals surface area contributed by atoms with Crippen LogP contribution in [0.2, 0.25) is 0 Å². The Morgan fingerprint density at radius 3 is 2.54 bits per heavy atom. The third-order valence-electron chi connectivity index (χ3n) is 5.61. The molecule has 196 valence electrons. The zero-order valence-electron chi connectivity index (χ0n) is 22.0. The topological polar surface area (TPSA) is 121 Å². The minimum absolute atomic E-state index is 0.0811. The van der Waals surface area contributed by atoms with Crippen molar-refractivity contribution in [3.05, 3.63) is 41.9 Å². The second kappa shape index (κ2) is 10.00. The van der Waals surface area contributed by atoms with Crippen molar-refractivity contribution in [2.24, 2.45) is 7.05 Å². The summed E-state index contributed by atoms with van der Waals surface area (Å²) in [5.41, 5.74) is 1.79. The summed E-state index contributed by atoms with van der Waals surface area (Å²) in [5.74, 6) is 0.932. The van der Waals surface area contributed by atoms with Crippen LogP contribution in [0.1, 0.15) is 43.7 Å². The minimum Gasteiger partial charge on any atom is -0.497 e. The summed E-state index contributed by atoms with van der Waals surface area (Å²) < 4.78 is 23.6. The first kappa shape index (κ1) is 25.8. The predicted octanol–water partition coefficient (Wildman–Crippen LogP) is 4.59. The number of aromatic amines is 1. The van der Waals surface area contributed by atoms with Crippen molar-refractivity contribution in [1.82, 2.24) is 19.5 Å². The fourth-order valence-electron chi connectivity index (χ4n) is 3.99. The number of hydrogen-bond donors (Lipinski definition) is 1. The molecule has 0 radical (unpaired) electrons. The highest BCUT2D eigenvalue weighted by molar-refractivity contribution is 6.10. The average molecular weight is 510 g/mol. The number of imidazole rings is 1. The number of rotatable bonds is 7. The van der Waals surface area contributed by atoms with Crippen molar-refractivity contribution in [1.29, 1.82) is 0 Å². The van der Waals surface area contributed by atoms with Crippen molar-refractivity contribution in [2.75, 3.05) is 25.7 Å². The highest BCUT2D eigenvalue weighted by Gasteiger charge is 2.29. The molecular weight excluding hydrogens is 478 g/mol. The van der Waals surface area contributed by atoms with Gasteiger partial charge >= 0.3 is 12.1 Å². The van der Waals surface area contributed by atoms with Gasteiger partial charge < -0.3 is 28.5 Å². The number of amides is 1. The molecule has 0 atom stereocenters. The quantitative estimate of drug-likeness (QED) is 0.359. The number of fused-ring (bicyclic) bond motifs is 3. The normalized spacial score (nSPS) is 11.5.